The summed E-state index contributed by atoms with van der Waals surface area (Å²) < 4.78 is 0. The van der Waals surface area contributed by atoms with Crippen molar-refractivity contribution in [3.8, 4) is 0 Å². The second-order valence-corrected chi connectivity index (χ2v) is 2.80. The van der Waals surface area contributed by atoms with E-state index in [9.17, 15) is 10.0 Å². The molecule has 3 N–H and O–H groups in total. The Bertz CT molecular complexity index is 655. The molecule has 6 nitrogen and oxygen atoms in total. The summed E-state index contributed by atoms with van der Waals surface area (Å²) in [7, 11) is 0. The maximum atomic E-state index is 11.3. The molecule has 1 aliphatic carbocycles. The van der Waals surface area contributed by atoms with Crippen molar-refractivity contribution in [2.45, 2.75) is 0 Å². The number of nitrogens with zero attached hydrogens (tertiary/aromatic N) is 2. The fourth-order valence-electron chi connectivity index (χ4n) is 1.27. The molecule has 0 unspecified atom stereocenters. The van der Waals surface area contributed by atoms with Crippen LogP contribution in [0, 0.1) is 16.0 Å². The molecule has 2 aliphatic rings. The van der Waals surface area contributed by atoms with Crippen LogP contribution < -0.4 is 10.8 Å². The highest BCUT2D eigenvalue weighted by molar-refractivity contribution is 5.08. The molecule has 0 aromatic heterocycles. The molecule has 0 radical (unpaired) electrons. The van der Waals surface area contributed by atoms with E-state index in [0.29, 0.717) is 9.69 Å². The van der Waals surface area contributed by atoms with E-state index in [1.807, 2.05) is 0 Å². The molecule has 1 heterocycles. The first-order valence-electron chi connectivity index (χ1n) is 3.82. The number of hydrogen-bond donors (Lipinski definition) is 3. The van der Waals surface area contributed by atoms with Crippen LogP contribution in [0.3, 0.4) is 0 Å². The van der Waals surface area contributed by atoms with Crippen molar-refractivity contribution < 1.29 is 10.4 Å². The van der Waals surface area contributed by atoms with E-state index < -0.39 is 0 Å². The summed E-state index contributed by atoms with van der Waals surface area (Å²) in [5, 5.41) is 26.0. The van der Waals surface area contributed by atoms with E-state index in [-0.39, 0.29) is 21.4 Å². The molecule has 0 amide bonds. The summed E-state index contributed by atoms with van der Waals surface area (Å²) in [6.45, 7) is 0. The quantitative estimate of drug-likeness (QED) is 0.484. The molecule has 0 aromatic rings. The maximum Gasteiger partial charge on any atom is 0.188 e. The number of nitrogens with one attached hydrogen (secondary N) is 1. The normalized spacial score (nSPS) is 10.6. The molecule has 6 heteroatoms. The third-order valence-corrected chi connectivity index (χ3v) is 1.95. The van der Waals surface area contributed by atoms with Crippen LogP contribution in [0.2, 0.25) is 0 Å². The molecule has 0 aromatic carbocycles. The van der Waals surface area contributed by atoms with E-state index in [1.54, 1.807) is 0 Å². The highest BCUT2D eigenvalue weighted by atomic mass is 16.6. The lowest BCUT2D eigenvalue weighted by Crippen LogP contribution is -2.22. The average molecular weight is 193 g/mol. The van der Waals surface area contributed by atoms with Crippen LogP contribution in [-0.2, 0) is 0 Å². The predicted molar refractivity (Wildman–Crippen MR) is 44.2 cm³/mol. The number of hydrogen-bond acceptors (Lipinski definition) is 4. The van der Waals surface area contributed by atoms with Crippen LogP contribution in [0.5, 0.6) is 0 Å². The highest BCUT2D eigenvalue weighted by Gasteiger charge is 2.01. The molecule has 0 fully saturated rings. The van der Waals surface area contributed by atoms with Gasteiger partial charge >= 0.3 is 0 Å². The Labute approximate surface area is 76.9 Å². The number of aromatic nitrogens is 2. The van der Waals surface area contributed by atoms with Gasteiger partial charge in [0.25, 0.3) is 0 Å². The van der Waals surface area contributed by atoms with Crippen LogP contribution in [0.25, 0.3) is 0 Å². The van der Waals surface area contributed by atoms with Gasteiger partial charge in [-0.1, -0.05) is 9.69 Å². The topological polar surface area (TPSA) is 91.2 Å². The van der Waals surface area contributed by atoms with Gasteiger partial charge in [-0.05, 0) is 18.2 Å². The van der Waals surface area contributed by atoms with Gasteiger partial charge in [0, 0.05) is 0 Å². The lowest BCUT2D eigenvalue weighted by molar-refractivity contribution is -0.0221. The van der Waals surface area contributed by atoms with Gasteiger partial charge in [0.15, 0.2) is 5.43 Å². The first-order valence-corrected chi connectivity index (χ1v) is 3.82. The summed E-state index contributed by atoms with van der Waals surface area (Å²) in [5.74, 6) is 0. The van der Waals surface area contributed by atoms with Gasteiger partial charge in [-0.3, -0.25) is 10.2 Å². The molecule has 2 rings (SSSR count). The van der Waals surface area contributed by atoms with Gasteiger partial charge in [-0.2, -0.15) is 0 Å². The average Bonchev–Trinajstić information content (AvgIpc) is 2.16. The monoisotopic (exact) mass is 193 g/mol. The zero-order valence-corrected chi connectivity index (χ0v) is 7.01. The van der Waals surface area contributed by atoms with Gasteiger partial charge in [0.05, 0.1) is 16.8 Å². The first-order chi connectivity index (χ1) is 6.61. The zero-order chi connectivity index (χ0) is 10.3. The van der Waals surface area contributed by atoms with E-state index >= 15 is 0 Å². The van der Waals surface area contributed by atoms with Crippen molar-refractivity contribution in [2.24, 2.45) is 0 Å². The Morgan fingerprint density at radius 2 is 1.93 bits per heavy atom. The Morgan fingerprint density at radius 3 is 2.64 bits per heavy atom. The third-order valence-electron chi connectivity index (χ3n) is 1.95. The van der Waals surface area contributed by atoms with Crippen LogP contribution in [0.4, 0.5) is 0 Å². The molecule has 0 bridgehead atoms. The minimum atomic E-state index is -0.306. The highest BCUT2D eigenvalue weighted by Crippen LogP contribution is 1.88. The molecular formula is C8H7N3O3. The van der Waals surface area contributed by atoms with Crippen molar-refractivity contribution in [3.63, 3.8) is 0 Å². The Kier molecular flexibility index (Phi) is 1.57. The smallest absolute Gasteiger partial charge is 0.188 e. The van der Waals surface area contributed by atoms with Gasteiger partial charge in [0.1, 0.15) is 5.35 Å². The third kappa shape index (κ3) is 0.972. The lowest BCUT2D eigenvalue weighted by Gasteiger charge is -2.04. The molecule has 1 aliphatic heterocycles. The molecular weight excluding hydrogens is 186 g/mol. The second-order valence-electron chi connectivity index (χ2n) is 2.80. The van der Waals surface area contributed by atoms with Crippen molar-refractivity contribution in [1.29, 1.82) is 5.41 Å². The van der Waals surface area contributed by atoms with Gasteiger partial charge < -0.3 is 10.4 Å². The van der Waals surface area contributed by atoms with Crippen LogP contribution in [0.15, 0.2) is 29.2 Å². The minimum Gasteiger partial charge on any atom is -0.411 e. The van der Waals surface area contributed by atoms with Gasteiger partial charge in [0.2, 0.25) is 0 Å². The van der Waals surface area contributed by atoms with E-state index in [4.69, 9.17) is 10.6 Å². The fourth-order valence-corrected chi connectivity index (χ4v) is 1.27. The summed E-state index contributed by atoms with van der Waals surface area (Å²) in [4.78, 5) is 12.0. The SMILES string of the molecule is N=c1ccc(=O)c2ccn(O)n(O)c1=2. The molecule has 72 valence electrons. The van der Waals surface area contributed by atoms with Crippen molar-refractivity contribution in [3.05, 3.63) is 50.5 Å². The van der Waals surface area contributed by atoms with Gasteiger partial charge in [-0.25, -0.2) is 0 Å². The van der Waals surface area contributed by atoms with Crippen molar-refractivity contribution >= 4 is 0 Å². The molecule has 0 spiro atoms. The van der Waals surface area contributed by atoms with E-state index in [2.05, 4.69) is 0 Å². The van der Waals surface area contributed by atoms with Gasteiger partial charge in [-0.15, -0.1) is 0 Å². The molecule has 0 saturated heterocycles. The minimum absolute atomic E-state index is 0.0255. The Hall–Kier alpha value is -2.24. The largest absolute Gasteiger partial charge is 0.411 e. The lowest BCUT2D eigenvalue weighted by atomic mass is 10.2. The second kappa shape index (κ2) is 2.63. The summed E-state index contributed by atoms with van der Waals surface area (Å²) in [6, 6.07) is 3.84. The first kappa shape index (κ1) is 8.36. The summed E-state index contributed by atoms with van der Waals surface area (Å²) in [5.41, 5.74) is -0.306. The zero-order valence-electron chi connectivity index (χ0n) is 7.01. The van der Waals surface area contributed by atoms with Crippen molar-refractivity contribution in [2.75, 3.05) is 0 Å². The standard InChI is InChI=1S/C8H7N3O3/c9-6-1-2-7(12)5-3-4-10(13)11(14)8(5)6/h1-4,9,13-14H. The van der Waals surface area contributed by atoms with Crippen molar-refractivity contribution in [1.82, 2.24) is 9.69 Å². The van der Waals surface area contributed by atoms with E-state index in [0.717, 1.165) is 6.20 Å². The molecule has 14 heavy (non-hydrogen) atoms. The number of rotatable bonds is 0. The summed E-state index contributed by atoms with van der Waals surface area (Å²) in [6.07, 6.45) is 1.11. The predicted octanol–water partition coefficient (Wildman–Crippen LogP) is -0.671. The van der Waals surface area contributed by atoms with Crippen LogP contribution >= 0.6 is 0 Å². The Balaban J connectivity index is 3.30. The summed E-state index contributed by atoms with van der Waals surface area (Å²) >= 11 is 0. The van der Waals surface area contributed by atoms with E-state index in [1.165, 1.54) is 18.2 Å². The van der Waals surface area contributed by atoms with Crippen LogP contribution in [0.1, 0.15) is 0 Å². The molecule has 0 saturated carbocycles. The molecule has 0 atom stereocenters. The van der Waals surface area contributed by atoms with Crippen LogP contribution in [-0.4, -0.2) is 20.1 Å². The fraction of sp³-hybridized carbons (Fsp3) is 0. The Morgan fingerprint density at radius 1 is 1.21 bits per heavy atom. The maximum absolute atomic E-state index is 11.3.